The molecular formula is C16H24N4O3. The Hall–Kier alpha value is -1.92. The van der Waals surface area contributed by atoms with Gasteiger partial charge in [-0.3, -0.25) is 19.6 Å². The van der Waals surface area contributed by atoms with Crippen LogP contribution in [0.1, 0.15) is 43.5 Å². The number of piperidine rings is 1. The fraction of sp³-hybridized carbons (Fsp3) is 0.750. The molecule has 0 unspecified atom stereocenters. The Morgan fingerprint density at radius 1 is 1.26 bits per heavy atom. The highest BCUT2D eigenvalue weighted by molar-refractivity contribution is 5.76. The van der Waals surface area contributed by atoms with Gasteiger partial charge < -0.3 is 4.90 Å². The second kappa shape index (κ2) is 6.29. The van der Waals surface area contributed by atoms with Crippen molar-refractivity contribution >= 4 is 11.6 Å². The fourth-order valence-electron chi connectivity index (χ4n) is 4.16. The van der Waals surface area contributed by atoms with E-state index in [1.165, 1.54) is 30.4 Å². The molecule has 0 N–H and O–H groups in total. The summed E-state index contributed by atoms with van der Waals surface area (Å²) in [6, 6.07) is 0. The van der Waals surface area contributed by atoms with Crippen LogP contribution in [0.4, 0.5) is 5.69 Å². The number of hydrogen-bond acceptors (Lipinski definition) is 4. The first-order chi connectivity index (χ1) is 11.0. The van der Waals surface area contributed by atoms with Crippen LogP contribution in [0.5, 0.6) is 0 Å². The summed E-state index contributed by atoms with van der Waals surface area (Å²) >= 11 is 0. The van der Waals surface area contributed by atoms with E-state index in [1.807, 2.05) is 4.90 Å². The normalized spacial score (nSPS) is 24.3. The first-order valence-electron chi connectivity index (χ1n) is 8.43. The average molecular weight is 320 g/mol. The van der Waals surface area contributed by atoms with Gasteiger partial charge in [0.1, 0.15) is 17.9 Å². The van der Waals surface area contributed by atoms with Crippen molar-refractivity contribution in [1.29, 1.82) is 0 Å². The largest absolute Gasteiger partial charge is 0.341 e. The van der Waals surface area contributed by atoms with E-state index >= 15 is 0 Å². The lowest BCUT2D eigenvalue weighted by molar-refractivity contribution is -0.386. The molecule has 7 heteroatoms. The van der Waals surface area contributed by atoms with Crippen molar-refractivity contribution in [3.8, 4) is 0 Å². The topological polar surface area (TPSA) is 81.3 Å². The van der Waals surface area contributed by atoms with E-state index in [0.29, 0.717) is 17.3 Å². The molecule has 0 aromatic carbocycles. The molecule has 0 bridgehead atoms. The lowest BCUT2D eigenvalue weighted by atomic mass is 9.75. The molecule has 1 aliphatic carbocycles. The Balaban J connectivity index is 1.68. The van der Waals surface area contributed by atoms with Crippen LogP contribution in [0.2, 0.25) is 0 Å². The van der Waals surface area contributed by atoms with E-state index in [-0.39, 0.29) is 18.1 Å². The molecule has 2 atom stereocenters. The smallest absolute Gasteiger partial charge is 0.312 e. The number of amides is 1. The molecule has 3 rings (SSSR count). The van der Waals surface area contributed by atoms with Crippen LogP contribution in [-0.4, -0.2) is 38.6 Å². The van der Waals surface area contributed by atoms with Gasteiger partial charge in [0.25, 0.3) is 0 Å². The molecule has 1 aromatic heterocycles. The second-order valence-electron chi connectivity index (χ2n) is 6.87. The number of hydrogen-bond donors (Lipinski definition) is 0. The third kappa shape index (κ3) is 3.09. The summed E-state index contributed by atoms with van der Waals surface area (Å²) in [6.07, 6.45) is 6.21. The number of carbonyl (C=O) groups excluding carboxylic acids is 1. The highest BCUT2D eigenvalue weighted by atomic mass is 16.6. The lowest BCUT2D eigenvalue weighted by Gasteiger charge is -2.41. The molecule has 0 spiro atoms. The third-order valence-electron chi connectivity index (χ3n) is 5.45. The number of aryl methyl sites for hydroxylation is 1. The molecular weight excluding hydrogens is 296 g/mol. The summed E-state index contributed by atoms with van der Waals surface area (Å²) in [5.74, 6) is 1.44. The van der Waals surface area contributed by atoms with Crippen LogP contribution in [0.3, 0.4) is 0 Å². The van der Waals surface area contributed by atoms with Crippen LogP contribution in [0.15, 0.2) is 0 Å². The van der Waals surface area contributed by atoms with Crippen molar-refractivity contribution in [2.45, 2.75) is 52.5 Å². The van der Waals surface area contributed by atoms with Gasteiger partial charge in [-0.05, 0) is 38.5 Å². The molecule has 2 fully saturated rings. The maximum absolute atomic E-state index is 12.6. The Bertz CT molecular complexity index is 625. The van der Waals surface area contributed by atoms with Crippen molar-refractivity contribution in [1.82, 2.24) is 14.7 Å². The minimum atomic E-state index is -0.424. The molecule has 1 aliphatic heterocycles. The number of aromatic nitrogens is 2. The van der Waals surface area contributed by atoms with Gasteiger partial charge in [0.2, 0.25) is 5.91 Å². The highest BCUT2D eigenvalue weighted by Gasteiger charge is 2.33. The van der Waals surface area contributed by atoms with Crippen LogP contribution in [0, 0.1) is 35.8 Å². The summed E-state index contributed by atoms with van der Waals surface area (Å²) in [4.78, 5) is 25.1. The molecule has 1 saturated heterocycles. The molecule has 1 aromatic rings. The van der Waals surface area contributed by atoms with Crippen LogP contribution >= 0.6 is 0 Å². The van der Waals surface area contributed by atoms with E-state index in [0.717, 1.165) is 25.4 Å². The minimum Gasteiger partial charge on any atom is -0.341 e. The predicted octanol–water partition coefficient (Wildman–Crippen LogP) is 2.45. The number of likely N-dealkylation sites (tertiary alicyclic amines) is 1. The van der Waals surface area contributed by atoms with Gasteiger partial charge in [0.15, 0.2) is 0 Å². The van der Waals surface area contributed by atoms with Crippen molar-refractivity contribution < 1.29 is 9.72 Å². The van der Waals surface area contributed by atoms with Gasteiger partial charge >= 0.3 is 5.69 Å². The summed E-state index contributed by atoms with van der Waals surface area (Å²) in [7, 11) is 0. The van der Waals surface area contributed by atoms with Crippen molar-refractivity contribution in [3.05, 3.63) is 21.5 Å². The Morgan fingerprint density at radius 3 is 2.61 bits per heavy atom. The number of fused-ring (bicyclic) bond motifs is 1. The zero-order valence-corrected chi connectivity index (χ0v) is 13.8. The molecule has 126 valence electrons. The first kappa shape index (κ1) is 16.0. The van der Waals surface area contributed by atoms with Gasteiger partial charge in [-0.2, -0.15) is 5.10 Å². The number of nitrogens with zero attached hydrogens (tertiary/aromatic N) is 4. The lowest BCUT2D eigenvalue weighted by Crippen LogP contribution is -2.46. The molecule has 1 amide bonds. The fourth-order valence-corrected chi connectivity index (χ4v) is 4.16. The minimum absolute atomic E-state index is 0.0174. The quantitative estimate of drug-likeness (QED) is 0.633. The molecule has 23 heavy (non-hydrogen) atoms. The monoisotopic (exact) mass is 320 g/mol. The maximum Gasteiger partial charge on any atom is 0.312 e. The predicted molar refractivity (Wildman–Crippen MR) is 85.0 cm³/mol. The summed E-state index contributed by atoms with van der Waals surface area (Å²) in [5, 5.41) is 15.2. The third-order valence-corrected chi connectivity index (χ3v) is 5.45. The average Bonchev–Trinajstić information content (AvgIpc) is 2.80. The maximum atomic E-state index is 12.6. The van der Waals surface area contributed by atoms with Gasteiger partial charge in [-0.25, -0.2) is 0 Å². The van der Waals surface area contributed by atoms with Gasteiger partial charge in [-0.1, -0.05) is 19.3 Å². The Labute approximate surface area is 135 Å². The first-order valence-corrected chi connectivity index (χ1v) is 8.43. The van der Waals surface area contributed by atoms with E-state index in [1.54, 1.807) is 13.8 Å². The zero-order valence-electron chi connectivity index (χ0n) is 13.8. The molecule has 1 saturated carbocycles. The number of rotatable bonds is 3. The summed E-state index contributed by atoms with van der Waals surface area (Å²) in [5.41, 5.74) is 0.837. The van der Waals surface area contributed by atoms with Crippen molar-refractivity contribution in [2.24, 2.45) is 11.8 Å². The van der Waals surface area contributed by atoms with E-state index in [4.69, 9.17) is 0 Å². The molecule has 2 aliphatic rings. The molecule has 2 heterocycles. The summed E-state index contributed by atoms with van der Waals surface area (Å²) in [6.45, 7) is 5.00. The zero-order chi connectivity index (χ0) is 16.6. The highest BCUT2D eigenvalue weighted by Crippen LogP contribution is 2.36. The van der Waals surface area contributed by atoms with Crippen molar-refractivity contribution in [2.75, 3.05) is 13.1 Å². The van der Waals surface area contributed by atoms with Gasteiger partial charge in [-0.15, -0.1) is 0 Å². The van der Waals surface area contributed by atoms with E-state index in [2.05, 4.69) is 5.10 Å². The van der Waals surface area contributed by atoms with Gasteiger partial charge in [0.05, 0.1) is 4.92 Å². The molecule has 7 nitrogen and oxygen atoms in total. The van der Waals surface area contributed by atoms with Crippen molar-refractivity contribution in [3.63, 3.8) is 0 Å². The second-order valence-corrected chi connectivity index (χ2v) is 6.87. The van der Waals surface area contributed by atoms with Crippen LogP contribution in [-0.2, 0) is 11.3 Å². The Kier molecular flexibility index (Phi) is 4.37. The van der Waals surface area contributed by atoms with E-state index < -0.39 is 4.92 Å². The number of nitro groups is 1. The van der Waals surface area contributed by atoms with Crippen LogP contribution < -0.4 is 0 Å². The number of carbonyl (C=O) groups is 1. The van der Waals surface area contributed by atoms with Crippen LogP contribution in [0.25, 0.3) is 0 Å². The van der Waals surface area contributed by atoms with E-state index in [9.17, 15) is 14.9 Å². The standard InChI is InChI=1S/C16H24N4O3/c1-11-16(20(22)23)12(2)19(17-11)10-15(21)18-8-7-13-5-3-4-6-14(13)9-18/h13-14H,3-10H2,1-2H3/t13-,14+/m1/s1. The SMILES string of the molecule is Cc1nn(CC(=O)N2CC[C@H]3CCCC[C@H]3C2)c(C)c1[N+](=O)[O-]. The molecule has 0 radical (unpaired) electrons. The summed E-state index contributed by atoms with van der Waals surface area (Å²) < 4.78 is 1.47. The van der Waals surface area contributed by atoms with Gasteiger partial charge in [0, 0.05) is 13.1 Å². The Morgan fingerprint density at radius 2 is 1.96 bits per heavy atom.